The monoisotopic (exact) mass is 238 g/mol. The van der Waals surface area contributed by atoms with Crippen molar-refractivity contribution in [3.8, 4) is 0 Å². The smallest absolute Gasteiger partial charge is 0.255 e. The van der Waals surface area contributed by atoms with Crippen molar-refractivity contribution in [1.29, 1.82) is 0 Å². The van der Waals surface area contributed by atoms with Crippen LogP contribution in [0.4, 0.5) is 0 Å². The van der Waals surface area contributed by atoms with Crippen LogP contribution in [0.5, 0.6) is 0 Å². The summed E-state index contributed by atoms with van der Waals surface area (Å²) in [5, 5.41) is 10.3. The average molecular weight is 238 g/mol. The van der Waals surface area contributed by atoms with Crippen molar-refractivity contribution in [3.63, 3.8) is 0 Å². The number of amides is 1. The lowest BCUT2D eigenvalue weighted by Gasteiger charge is -2.11. The van der Waals surface area contributed by atoms with Gasteiger partial charge in [-0.05, 0) is 34.7 Å². The number of carbonyl (C=O) groups excluding carboxylic acids is 1. The standard InChI is InChI=1S/C12H22N4O/c1-6-16-10(4)11(9(3)15-16)12(17)14-7-8(2)13-5/h8,13H,6-7H2,1-5H3,(H,14,17). The van der Waals surface area contributed by atoms with Crippen molar-refractivity contribution in [2.75, 3.05) is 13.6 Å². The number of nitrogens with zero attached hydrogens (tertiary/aromatic N) is 2. The molecule has 1 aromatic heterocycles. The quantitative estimate of drug-likeness (QED) is 0.800. The summed E-state index contributed by atoms with van der Waals surface area (Å²) in [5.74, 6) is -0.0400. The molecular weight excluding hydrogens is 216 g/mol. The Bertz CT molecular complexity index is 397. The van der Waals surface area contributed by atoms with E-state index in [0.29, 0.717) is 12.1 Å². The first-order chi connectivity index (χ1) is 8.01. The van der Waals surface area contributed by atoms with Crippen LogP contribution < -0.4 is 10.6 Å². The molecule has 1 heterocycles. The minimum Gasteiger partial charge on any atom is -0.350 e. The Morgan fingerprint density at radius 2 is 2.12 bits per heavy atom. The van der Waals surface area contributed by atoms with Gasteiger partial charge in [0.05, 0.1) is 11.3 Å². The Hall–Kier alpha value is -1.36. The van der Waals surface area contributed by atoms with Crippen molar-refractivity contribution in [3.05, 3.63) is 17.0 Å². The number of hydrogen-bond acceptors (Lipinski definition) is 3. The predicted molar refractivity (Wildman–Crippen MR) is 68.2 cm³/mol. The fourth-order valence-electron chi connectivity index (χ4n) is 1.77. The van der Waals surface area contributed by atoms with Crippen LogP contribution in [0.25, 0.3) is 0 Å². The highest BCUT2D eigenvalue weighted by Crippen LogP contribution is 2.12. The van der Waals surface area contributed by atoms with Crippen LogP contribution in [0.15, 0.2) is 0 Å². The van der Waals surface area contributed by atoms with Crippen LogP contribution in [0, 0.1) is 13.8 Å². The van der Waals surface area contributed by atoms with Gasteiger partial charge in [0, 0.05) is 24.8 Å². The molecule has 1 rings (SSSR count). The van der Waals surface area contributed by atoms with Gasteiger partial charge in [0.15, 0.2) is 0 Å². The molecule has 0 saturated carbocycles. The van der Waals surface area contributed by atoms with E-state index in [1.54, 1.807) is 0 Å². The van der Waals surface area contributed by atoms with Gasteiger partial charge >= 0.3 is 0 Å². The van der Waals surface area contributed by atoms with Gasteiger partial charge in [-0.3, -0.25) is 9.48 Å². The Morgan fingerprint density at radius 1 is 1.47 bits per heavy atom. The number of aryl methyl sites for hydroxylation is 2. The van der Waals surface area contributed by atoms with E-state index >= 15 is 0 Å². The maximum absolute atomic E-state index is 12.0. The van der Waals surface area contributed by atoms with Crippen LogP contribution >= 0.6 is 0 Å². The molecule has 1 aromatic rings. The Morgan fingerprint density at radius 3 is 2.59 bits per heavy atom. The molecular formula is C12H22N4O. The van der Waals surface area contributed by atoms with Crippen LogP contribution in [0.3, 0.4) is 0 Å². The van der Waals surface area contributed by atoms with E-state index < -0.39 is 0 Å². The topological polar surface area (TPSA) is 59.0 Å². The Kier molecular flexibility index (Phi) is 4.69. The molecule has 0 radical (unpaired) electrons. The van der Waals surface area contributed by atoms with E-state index in [1.165, 1.54) is 0 Å². The number of likely N-dealkylation sites (N-methyl/N-ethyl adjacent to an activating group) is 1. The third-order valence-corrected chi connectivity index (χ3v) is 2.97. The van der Waals surface area contributed by atoms with Gasteiger partial charge in [-0.1, -0.05) is 0 Å². The molecule has 17 heavy (non-hydrogen) atoms. The molecule has 1 atom stereocenters. The number of carbonyl (C=O) groups is 1. The first kappa shape index (κ1) is 13.7. The summed E-state index contributed by atoms with van der Waals surface area (Å²) in [4.78, 5) is 12.0. The first-order valence-electron chi connectivity index (χ1n) is 6.00. The Balaban J connectivity index is 2.78. The summed E-state index contributed by atoms with van der Waals surface area (Å²) in [5.41, 5.74) is 2.42. The number of rotatable bonds is 5. The second-order valence-corrected chi connectivity index (χ2v) is 4.26. The summed E-state index contributed by atoms with van der Waals surface area (Å²) in [7, 11) is 1.88. The minimum atomic E-state index is -0.0400. The maximum atomic E-state index is 12.0. The predicted octanol–water partition coefficient (Wildman–Crippen LogP) is 0.858. The third-order valence-electron chi connectivity index (χ3n) is 2.97. The highest BCUT2D eigenvalue weighted by molar-refractivity contribution is 5.96. The highest BCUT2D eigenvalue weighted by Gasteiger charge is 2.17. The molecule has 0 aliphatic heterocycles. The van der Waals surface area contributed by atoms with Gasteiger partial charge < -0.3 is 10.6 Å². The van der Waals surface area contributed by atoms with E-state index in [0.717, 1.165) is 17.9 Å². The van der Waals surface area contributed by atoms with Crippen LogP contribution in [0.1, 0.15) is 35.6 Å². The van der Waals surface area contributed by atoms with Crippen LogP contribution in [-0.2, 0) is 6.54 Å². The molecule has 1 amide bonds. The second-order valence-electron chi connectivity index (χ2n) is 4.26. The summed E-state index contributed by atoms with van der Waals surface area (Å²) < 4.78 is 1.85. The third kappa shape index (κ3) is 3.06. The average Bonchev–Trinajstić information content (AvgIpc) is 2.60. The van der Waals surface area contributed by atoms with Crippen molar-refractivity contribution in [2.24, 2.45) is 0 Å². The number of aromatic nitrogens is 2. The van der Waals surface area contributed by atoms with Crippen LogP contribution in [0.2, 0.25) is 0 Å². The molecule has 96 valence electrons. The maximum Gasteiger partial charge on any atom is 0.255 e. The number of nitrogens with one attached hydrogen (secondary N) is 2. The zero-order chi connectivity index (χ0) is 13.0. The molecule has 5 heteroatoms. The van der Waals surface area contributed by atoms with Crippen molar-refractivity contribution >= 4 is 5.91 Å². The van der Waals surface area contributed by atoms with Crippen molar-refractivity contribution < 1.29 is 4.79 Å². The number of hydrogen-bond donors (Lipinski definition) is 2. The molecule has 1 unspecified atom stereocenters. The van der Waals surface area contributed by atoms with E-state index in [1.807, 2.05) is 39.4 Å². The van der Waals surface area contributed by atoms with E-state index in [9.17, 15) is 4.79 Å². The van der Waals surface area contributed by atoms with Crippen molar-refractivity contribution in [2.45, 2.75) is 40.3 Å². The zero-order valence-electron chi connectivity index (χ0n) is 11.3. The molecule has 0 spiro atoms. The molecule has 0 fully saturated rings. The zero-order valence-corrected chi connectivity index (χ0v) is 11.3. The lowest BCUT2D eigenvalue weighted by atomic mass is 10.2. The Labute approximate surface area is 103 Å². The van der Waals surface area contributed by atoms with E-state index in [2.05, 4.69) is 15.7 Å². The summed E-state index contributed by atoms with van der Waals surface area (Å²) in [6.07, 6.45) is 0. The normalized spacial score (nSPS) is 12.5. The summed E-state index contributed by atoms with van der Waals surface area (Å²) in [6.45, 7) is 9.24. The van der Waals surface area contributed by atoms with E-state index in [4.69, 9.17) is 0 Å². The molecule has 0 saturated heterocycles. The van der Waals surface area contributed by atoms with E-state index in [-0.39, 0.29) is 11.9 Å². The summed E-state index contributed by atoms with van der Waals surface area (Å²) >= 11 is 0. The largest absolute Gasteiger partial charge is 0.350 e. The molecule has 0 aromatic carbocycles. The van der Waals surface area contributed by atoms with Gasteiger partial charge in [-0.2, -0.15) is 5.10 Å². The lowest BCUT2D eigenvalue weighted by molar-refractivity contribution is 0.0949. The molecule has 0 aliphatic rings. The van der Waals surface area contributed by atoms with Gasteiger partial charge in [-0.25, -0.2) is 0 Å². The SMILES string of the molecule is CCn1nc(C)c(C(=O)NCC(C)NC)c1C. The van der Waals surface area contributed by atoms with Gasteiger partial charge in [0.1, 0.15) is 0 Å². The molecule has 0 aliphatic carbocycles. The highest BCUT2D eigenvalue weighted by atomic mass is 16.1. The van der Waals surface area contributed by atoms with Gasteiger partial charge in [0.2, 0.25) is 0 Å². The van der Waals surface area contributed by atoms with Crippen molar-refractivity contribution in [1.82, 2.24) is 20.4 Å². The second kappa shape index (κ2) is 5.82. The van der Waals surface area contributed by atoms with Gasteiger partial charge in [-0.15, -0.1) is 0 Å². The molecule has 2 N–H and O–H groups in total. The fraction of sp³-hybridized carbons (Fsp3) is 0.667. The fourth-order valence-corrected chi connectivity index (χ4v) is 1.77. The summed E-state index contributed by atoms with van der Waals surface area (Å²) in [6, 6.07) is 0.265. The van der Waals surface area contributed by atoms with Crippen LogP contribution in [-0.4, -0.2) is 35.3 Å². The minimum absolute atomic E-state index is 0.0400. The lowest BCUT2D eigenvalue weighted by Crippen LogP contribution is -2.37. The molecule has 5 nitrogen and oxygen atoms in total. The molecule has 0 bridgehead atoms. The first-order valence-corrected chi connectivity index (χ1v) is 6.00. The van der Waals surface area contributed by atoms with Gasteiger partial charge in [0.25, 0.3) is 5.91 Å².